The molecule has 1 aromatic rings. The Balaban J connectivity index is 2.14. The van der Waals surface area contributed by atoms with E-state index in [0.29, 0.717) is 6.61 Å². The number of nitrogens with zero attached hydrogens (tertiary/aromatic N) is 2. The standard InChI is InChI=1S/C13H20N2O3/c1-11(13(16)17)18-10-9-15(2)8-5-12-3-6-14-7-4-12/h3-4,6-7,11H,5,8-10H2,1-2H3,(H,16,17). The number of hydrogen-bond donors (Lipinski definition) is 1. The van der Waals surface area contributed by atoms with Crippen LogP contribution in [0.1, 0.15) is 12.5 Å². The van der Waals surface area contributed by atoms with E-state index in [9.17, 15) is 4.79 Å². The summed E-state index contributed by atoms with van der Waals surface area (Å²) < 4.78 is 5.17. The van der Waals surface area contributed by atoms with Crippen LogP contribution in [0.2, 0.25) is 0 Å². The predicted octanol–water partition coefficient (Wildman–Crippen LogP) is 1.05. The Bertz CT molecular complexity index is 357. The van der Waals surface area contributed by atoms with E-state index in [1.807, 2.05) is 19.2 Å². The molecule has 0 spiro atoms. The molecule has 1 rings (SSSR count). The number of likely N-dealkylation sites (N-methyl/N-ethyl adjacent to an activating group) is 1. The zero-order valence-electron chi connectivity index (χ0n) is 10.9. The molecule has 0 aliphatic rings. The zero-order chi connectivity index (χ0) is 13.4. The van der Waals surface area contributed by atoms with Crippen LogP contribution < -0.4 is 0 Å². The minimum atomic E-state index is -0.922. The Morgan fingerprint density at radius 3 is 2.72 bits per heavy atom. The van der Waals surface area contributed by atoms with Gasteiger partial charge in [0.05, 0.1) is 6.61 Å². The van der Waals surface area contributed by atoms with Gasteiger partial charge >= 0.3 is 5.97 Å². The van der Waals surface area contributed by atoms with Crippen LogP contribution in [0, 0.1) is 0 Å². The number of aliphatic carboxylic acids is 1. The molecule has 100 valence electrons. The highest BCUT2D eigenvalue weighted by atomic mass is 16.5. The summed E-state index contributed by atoms with van der Waals surface area (Å²) in [5.74, 6) is -0.922. The number of pyridine rings is 1. The average molecular weight is 252 g/mol. The van der Waals surface area contributed by atoms with Gasteiger partial charge in [-0.3, -0.25) is 4.98 Å². The van der Waals surface area contributed by atoms with E-state index in [0.717, 1.165) is 19.5 Å². The van der Waals surface area contributed by atoms with E-state index in [1.54, 1.807) is 19.3 Å². The highest BCUT2D eigenvalue weighted by Crippen LogP contribution is 1.99. The molecule has 0 saturated heterocycles. The molecule has 18 heavy (non-hydrogen) atoms. The third kappa shape index (κ3) is 5.75. The summed E-state index contributed by atoms with van der Waals surface area (Å²) >= 11 is 0. The molecule has 1 aromatic heterocycles. The Labute approximate surface area is 107 Å². The highest BCUT2D eigenvalue weighted by molar-refractivity contribution is 5.71. The lowest BCUT2D eigenvalue weighted by Gasteiger charge is -2.17. The van der Waals surface area contributed by atoms with Gasteiger partial charge in [0.2, 0.25) is 0 Å². The maximum Gasteiger partial charge on any atom is 0.332 e. The van der Waals surface area contributed by atoms with Gasteiger partial charge in [-0.05, 0) is 38.1 Å². The Morgan fingerprint density at radius 1 is 1.44 bits per heavy atom. The number of rotatable bonds is 8. The molecule has 1 N–H and O–H groups in total. The number of ether oxygens (including phenoxy) is 1. The summed E-state index contributed by atoms with van der Waals surface area (Å²) in [4.78, 5) is 16.6. The van der Waals surface area contributed by atoms with E-state index < -0.39 is 12.1 Å². The Hall–Kier alpha value is -1.46. The van der Waals surface area contributed by atoms with E-state index >= 15 is 0 Å². The van der Waals surface area contributed by atoms with Crippen molar-refractivity contribution in [2.24, 2.45) is 0 Å². The lowest BCUT2D eigenvalue weighted by atomic mass is 10.2. The minimum absolute atomic E-state index is 0.431. The van der Waals surface area contributed by atoms with Crippen LogP contribution in [0.5, 0.6) is 0 Å². The molecule has 1 atom stereocenters. The fraction of sp³-hybridized carbons (Fsp3) is 0.538. The van der Waals surface area contributed by atoms with Crippen molar-refractivity contribution in [3.63, 3.8) is 0 Å². The van der Waals surface area contributed by atoms with Crippen LogP contribution in [0.15, 0.2) is 24.5 Å². The van der Waals surface area contributed by atoms with Crippen molar-refractivity contribution in [3.05, 3.63) is 30.1 Å². The topological polar surface area (TPSA) is 62.7 Å². The maximum atomic E-state index is 10.5. The quantitative estimate of drug-likeness (QED) is 0.749. The van der Waals surface area contributed by atoms with Crippen molar-refractivity contribution >= 4 is 5.97 Å². The van der Waals surface area contributed by atoms with E-state index in [4.69, 9.17) is 9.84 Å². The van der Waals surface area contributed by atoms with Gasteiger partial charge in [0.1, 0.15) is 0 Å². The van der Waals surface area contributed by atoms with E-state index in [2.05, 4.69) is 9.88 Å². The second kappa shape index (κ2) is 7.79. The summed E-state index contributed by atoms with van der Waals surface area (Å²) in [6, 6.07) is 3.99. The molecule has 0 aliphatic carbocycles. The molecule has 1 unspecified atom stereocenters. The van der Waals surface area contributed by atoms with Crippen molar-refractivity contribution in [3.8, 4) is 0 Å². The van der Waals surface area contributed by atoms with Crippen LogP contribution >= 0.6 is 0 Å². The fourth-order valence-electron chi connectivity index (χ4n) is 1.44. The van der Waals surface area contributed by atoms with Crippen LogP contribution in [0.4, 0.5) is 0 Å². The SMILES string of the molecule is CC(OCCN(C)CCc1ccncc1)C(=O)O. The molecule has 5 nitrogen and oxygen atoms in total. The zero-order valence-corrected chi connectivity index (χ0v) is 10.9. The van der Waals surface area contributed by atoms with Gasteiger partial charge in [-0.15, -0.1) is 0 Å². The average Bonchev–Trinajstić information content (AvgIpc) is 2.37. The van der Waals surface area contributed by atoms with Gasteiger partial charge in [-0.1, -0.05) is 0 Å². The summed E-state index contributed by atoms with van der Waals surface area (Å²) in [6.07, 6.45) is 3.78. The van der Waals surface area contributed by atoms with Gasteiger partial charge < -0.3 is 14.7 Å². The minimum Gasteiger partial charge on any atom is -0.479 e. The summed E-state index contributed by atoms with van der Waals surface area (Å²) in [5, 5.41) is 8.65. The lowest BCUT2D eigenvalue weighted by Crippen LogP contribution is -2.29. The van der Waals surface area contributed by atoms with E-state index in [1.165, 1.54) is 5.56 Å². The van der Waals surface area contributed by atoms with Crippen molar-refractivity contribution < 1.29 is 14.6 Å². The van der Waals surface area contributed by atoms with Crippen LogP contribution in [-0.2, 0) is 16.0 Å². The second-order valence-corrected chi connectivity index (χ2v) is 4.26. The molecule has 0 aliphatic heterocycles. The first-order valence-electron chi connectivity index (χ1n) is 6.01. The first-order chi connectivity index (χ1) is 8.59. The number of carbonyl (C=O) groups is 1. The van der Waals surface area contributed by atoms with Gasteiger partial charge in [0, 0.05) is 25.5 Å². The van der Waals surface area contributed by atoms with Crippen molar-refractivity contribution in [2.75, 3.05) is 26.7 Å². The van der Waals surface area contributed by atoms with Crippen LogP contribution in [0.3, 0.4) is 0 Å². The Kier molecular flexibility index (Phi) is 6.32. The smallest absolute Gasteiger partial charge is 0.332 e. The maximum absolute atomic E-state index is 10.5. The highest BCUT2D eigenvalue weighted by Gasteiger charge is 2.10. The molecule has 1 heterocycles. The predicted molar refractivity (Wildman–Crippen MR) is 68.5 cm³/mol. The van der Waals surface area contributed by atoms with Crippen molar-refractivity contribution in [2.45, 2.75) is 19.4 Å². The monoisotopic (exact) mass is 252 g/mol. The molecule has 0 aromatic carbocycles. The molecule has 5 heteroatoms. The summed E-state index contributed by atoms with van der Waals surface area (Å²) in [7, 11) is 2.00. The van der Waals surface area contributed by atoms with Crippen LogP contribution in [0.25, 0.3) is 0 Å². The van der Waals surface area contributed by atoms with Gasteiger partial charge in [-0.25, -0.2) is 4.79 Å². The third-order valence-corrected chi connectivity index (χ3v) is 2.72. The molecule has 0 fully saturated rings. The van der Waals surface area contributed by atoms with Crippen molar-refractivity contribution in [1.29, 1.82) is 0 Å². The molecule has 0 bridgehead atoms. The molecule has 0 amide bonds. The summed E-state index contributed by atoms with van der Waals surface area (Å²) in [5.41, 5.74) is 1.25. The first kappa shape index (κ1) is 14.6. The van der Waals surface area contributed by atoms with Gasteiger partial charge in [0.25, 0.3) is 0 Å². The summed E-state index contributed by atoms with van der Waals surface area (Å²) in [6.45, 7) is 3.61. The van der Waals surface area contributed by atoms with Crippen LogP contribution in [-0.4, -0.2) is 53.8 Å². The normalized spacial score (nSPS) is 12.6. The molecule has 0 saturated carbocycles. The van der Waals surface area contributed by atoms with E-state index in [-0.39, 0.29) is 0 Å². The van der Waals surface area contributed by atoms with Gasteiger partial charge in [-0.2, -0.15) is 0 Å². The number of carboxylic acids is 1. The largest absolute Gasteiger partial charge is 0.479 e. The lowest BCUT2D eigenvalue weighted by molar-refractivity contribution is -0.149. The number of carboxylic acid groups (broad SMARTS) is 1. The third-order valence-electron chi connectivity index (χ3n) is 2.72. The first-order valence-corrected chi connectivity index (χ1v) is 6.01. The number of hydrogen-bond acceptors (Lipinski definition) is 4. The second-order valence-electron chi connectivity index (χ2n) is 4.26. The molecule has 0 radical (unpaired) electrons. The molecular formula is C13H20N2O3. The number of aromatic nitrogens is 1. The Morgan fingerprint density at radius 2 is 2.11 bits per heavy atom. The molecular weight excluding hydrogens is 232 g/mol. The van der Waals surface area contributed by atoms with Gasteiger partial charge in [0.15, 0.2) is 6.10 Å². The van der Waals surface area contributed by atoms with Crippen molar-refractivity contribution in [1.82, 2.24) is 9.88 Å². The fourth-order valence-corrected chi connectivity index (χ4v) is 1.44.